The smallest absolute Gasteiger partial charge is 0.337 e. The first-order chi connectivity index (χ1) is 11.3. The molecule has 138 valence electrons. The average molecular weight is 401 g/mol. The van der Waals surface area contributed by atoms with Gasteiger partial charge in [0.2, 0.25) is 0 Å². The lowest BCUT2D eigenvalue weighted by Gasteiger charge is -2.44. The van der Waals surface area contributed by atoms with Crippen LogP contribution in [0.25, 0.3) is 0 Å². The van der Waals surface area contributed by atoms with Crippen LogP contribution in [0.2, 0.25) is 0 Å². The molecule has 4 heteroatoms. The molecule has 5 atom stereocenters. The molecule has 0 aliphatic heterocycles. The van der Waals surface area contributed by atoms with Crippen LogP contribution in [0.15, 0.2) is 10.6 Å². The van der Waals surface area contributed by atoms with Crippen molar-refractivity contribution in [2.45, 2.75) is 77.7 Å². The van der Waals surface area contributed by atoms with Gasteiger partial charge in [-0.15, -0.1) is 0 Å². The first kappa shape index (κ1) is 20.0. The molecule has 2 aliphatic carbocycles. The number of carbonyl (C=O) groups excluding carboxylic acids is 1. The zero-order chi connectivity index (χ0) is 18.0. The zero-order valence-electron chi connectivity index (χ0n) is 15.6. The van der Waals surface area contributed by atoms with Crippen molar-refractivity contribution in [2.75, 3.05) is 7.11 Å². The highest BCUT2D eigenvalue weighted by Crippen LogP contribution is 2.60. The van der Waals surface area contributed by atoms with E-state index in [1.165, 1.54) is 39.2 Å². The predicted octanol–water partition coefficient (Wildman–Crippen LogP) is 5.21. The van der Waals surface area contributed by atoms with Gasteiger partial charge in [0.1, 0.15) is 0 Å². The molecule has 0 aromatic heterocycles. The molecule has 0 aromatic rings. The van der Waals surface area contributed by atoms with Crippen LogP contribution in [-0.4, -0.2) is 23.8 Å². The van der Waals surface area contributed by atoms with Gasteiger partial charge in [0.15, 0.2) is 5.60 Å². The van der Waals surface area contributed by atoms with Gasteiger partial charge in [-0.25, -0.2) is 4.79 Å². The normalized spacial score (nSPS) is 35.3. The number of rotatable bonds is 6. The number of methoxy groups -OCH3 is 1. The van der Waals surface area contributed by atoms with Crippen LogP contribution < -0.4 is 0 Å². The number of ether oxygens (including phenoxy) is 1. The molecule has 0 bridgehead atoms. The third-order valence-electron chi connectivity index (χ3n) is 6.81. The molecule has 0 saturated heterocycles. The molecule has 0 aromatic carbocycles. The van der Waals surface area contributed by atoms with Crippen LogP contribution in [0, 0.1) is 23.2 Å². The van der Waals surface area contributed by atoms with Gasteiger partial charge in [0.25, 0.3) is 0 Å². The van der Waals surface area contributed by atoms with Crippen LogP contribution in [0.3, 0.4) is 0 Å². The third kappa shape index (κ3) is 3.90. The molecule has 0 radical (unpaired) electrons. The van der Waals surface area contributed by atoms with Gasteiger partial charge in [-0.3, -0.25) is 0 Å². The van der Waals surface area contributed by atoms with Crippen LogP contribution in [0.5, 0.6) is 0 Å². The molecule has 0 spiro atoms. The lowest BCUT2D eigenvalue weighted by atomic mass is 9.61. The molecule has 2 fully saturated rings. The molecule has 1 unspecified atom stereocenters. The lowest BCUT2D eigenvalue weighted by molar-refractivity contribution is -0.161. The van der Waals surface area contributed by atoms with E-state index in [1.54, 1.807) is 12.5 Å². The Hall–Kier alpha value is -0.350. The van der Waals surface area contributed by atoms with Gasteiger partial charge >= 0.3 is 5.97 Å². The van der Waals surface area contributed by atoms with E-state index in [-0.39, 0.29) is 0 Å². The Bertz CT molecular complexity index is 485. The highest BCUT2D eigenvalue weighted by atomic mass is 79.9. The maximum atomic E-state index is 11.6. The van der Waals surface area contributed by atoms with Crippen molar-refractivity contribution >= 4 is 21.9 Å². The van der Waals surface area contributed by atoms with Crippen molar-refractivity contribution in [1.82, 2.24) is 0 Å². The Morgan fingerprint density at radius 2 is 2.25 bits per heavy atom. The first-order valence-electron chi connectivity index (χ1n) is 9.36. The Labute approximate surface area is 155 Å². The Kier molecular flexibility index (Phi) is 6.58. The Morgan fingerprint density at radius 1 is 1.54 bits per heavy atom. The van der Waals surface area contributed by atoms with E-state index in [0.29, 0.717) is 17.8 Å². The molecule has 3 nitrogen and oxygen atoms in total. The second-order valence-corrected chi connectivity index (χ2v) is 8.87. The summed E-state index contributed by atoms with van der Waals surface area (Å²) in [5.74, 6) is 1.58. The number of hydrogen-bond acceptors (Lipinski definition) is 3. The quantitative estimate of drug-likeness (QED) is 0.622. The topological polar surface area (TPSA) is 46.5 Å². The number of hydrogen-bond donors (Lipinski definition) is 1. The highest BCUT2D eigenvalue weighted by molar-refractivity contribution is 9.11. The summed E-state index contributed by atoms with van der Waals surface area (Å²) in [6.45, 7) is 6.41. The SMILES string of the molecule is COC(=O)[C@](C)(O)CCC[C@@H](C)[C@H]1CCC2/C(=C/Br)CCC[C@@]21C. The van der Waals surface area contributed by atoms with E-state index in [2.05, 4.69) is 39.5 Å². The van der Waals surface area contributed by atoms with Gasteiger partial charge in [-0.2, -0.15) is 0 Å². The number of allylic oxidation sites excluding steroid dienone is 1. The fourth-order valence-electron chi connectivity index (χ4n) is 5.44. The number of halogens is 1. The Morgan fingerprint density at radius 3 is 2.88 bits per heavy atom. The van der Waals surface area contributed by atoms with E-state index in [0.717, 1.165) is 24.7 Å². The summed E-state index contributed by atoms with van der Waals surface area (Å²) in [4.78, 5) is 13.8. The van der Waals surface area contributed by atoms with Crippen molar-refractivity contribution in [2.24, 2.45) is 23.2 Å². The first-order valence-corrected chi connectivity index (χ1v) is 10.3. The van der Waals surface area contributed by atoms with Crippen LogP contribution in [-0.2, 0) is 9.53 Å². The summed E-state index contributed by atoms with van der Waals surface area (Å²) < 4.78 is 4.68. The van der Waals surface area contributed by atoms with Gasteiger partial charge in [0, 0.05) is 0 Å². The fourth-order valence-corrected chi connectivity index (χ4v) is 5.98. The van der Waals surface area contributed by atoms with Crippen molar-refractivity contribution in [3.8, 4) is 0 Å². The van der Waals surface area contributed by atoms with Crippen molar-refractivity contribution in [3.05, 3.63) is 10.6 Å². The van der Waals surface area contributed by atoms with E-state index < -0.39 is 11.6 Å². The van der Waals surface area contributed by atoms with E-state index in [1.807, 2.05) is 0 Å². The molecule has 0 heterocycles. The lowest BCUT2D eigenvalue weighted by Crippen LogP contribution is -2.37. The summed E-state index contributed by atoms with van der Waals surface area (Å²) in [6.07, 6.45) is 8.89. The van der Waals surface area contributed by atoms with Crippen molar-refractivity contribution < 1.29 is 14.6 Å². The van der Waals surface area contributed by atoms with Gasteiger partial charge < -0.3 is 9.84 Å². The molecule has 2 rings (SSSR count). The number of fused-ring (bicyclic) bond motifs is 1. The molecule has 0 amide bonds. The van der Waals surface area contributed by atoms with Crippen molar-refractivity contribution in [1.29, 1.82) is 0 Å². The third-order valence-corrected chi connectivity index (χ3v) is 7.40. The van der Waals surface area contributed by atoms with Gasteiger partial charge in [-0.05, 0) is 80.0 Å². The molecular formula is C20H33BrO3. The molecular weight excluding hydrogens is 368 g/mol. The van der Waals surface area contributed by atoms with Crippen LogP contribution >= 0.6 is 15.9 Å². The maximum Gasteiger partial charge on any atom is 0.337 e. The molecule has 2 aliphatic rings. The van der Waals surface area contributed by atoms with Crippen LogP contribution in [0.4, 0.5) is 0 Å². The molecule has 1 N–H and O–H groups in total. The number of esters is 1. The minimum Gasteiger partial charge on any atom is -0.467 e. The van der Waals surface area contributed by atoms with E-state index >= 15 is 0 Å². The average Bonchev–Trinajstić information content (AvgIpc) is 2.90. The summed E-state index contributed by atoms with van der Waals surface area (Å²) >= 11 is 3.58. The largest absolute Gasteiger partial charge is 0.467 e. The second kappa shape index (κ2) is 7.90. The molecule has 24 heavy (non-hydrogen) atoms. The summed E-state index contributed by atoms with van der Waals surface area (Å²) in [5.41, 5.74) is 0.669. The second-order valence-electron chi connectivity index (χ2n) is 8.41. The summed E-state index contributed by atoms with van der Waals surface area (Å²) in [7, 11) is 1.33. The van der Waals surface area contributed by atoms with Gasteiger partial charge in [0.05, 0.1) is 7.11 Å². The van der Waals surface area contributed by atoms with Gasteiger partial charge in [-0.1, -0.05) is 41.8 Å². The predicted molar refractivity (Wildman–Crippen MR) is 101 cm³/mol. The minimum atomic E-state index is -1.35. The maximum absolute atomic E-state index is 11.6. The zero-order valence-corrected chi connectivity index (χ0v) is 17.2. The number of aliphatic hydroxyl groups is 1. The number of carbonyl (C=O) groups is 1. The van der Waals surface area contributed by atoms with Crippen LogP contribution in [0.1, 0.15) is 72.1 Å². The monoisotopic (exact) mass is 400 g/mol. The summed E-state index contributed by atoms with van der Waals surface area (Å²) in [6, 6.07) is 0. The Balaban J connectivity index is 1.94. The minimum absolute atomic E-state index is 0.419. The standard InChI is InChI=1S/C20H33BrO3/c1-14(7-5-12-20(3,23)18(22)24-4)16-9-10-17-15(13-21)8-6-11-19(16,17)2/h13-14,16-17,23H,5-12H2,1-4H3/b15-13+/t14-,16-,17?,19-,20-/m1/s1. The molecule has 2 saturated carbocycles. The summed E-state index contributed by atoms with van der Waals surface area (Å²) in [5, 5.41) is 10.2. The van der Waals surface area contributed by atoms with Crippen molar-refractivity contribution in [3.63, 3.8) is 0 Å². The highest BCUT2D eigenvalue weighted by Gasteiger charge is 2.50. The van der Waals surface area contributed by atoms with E-state index in [4.69, 9.17) is 0 Å². The fraction of sp³-hybridized carbons (Fsp3) is 0.850. The van der Waals surface area contributed by atoms with E-state index in [9.17, 15) is 9.90 Å².